The van der Waals surface area contributed by atoms with Crippen LogP contribution in [0.15, 0.2) is 47.6 Å². The van der Waals surface area contributed by atoms with Gasteiger partial charge in [0.15, 0.2) is 11.0 Å². The highest BCUT2D eigenvalue weighted by Gasteiger charge is 2.14. The molecule has 0 spiro atoms. The van der Waals surface area contributed by atoms with Crippen LogP contribution in [0.25, 0.3) is 11.4 Å². The molecule has 0 bridgehead atoms. The Morgan fingerprint density at radius 3 is 2.62 bits per heavy atom. The Morgan fingerprint density at radius 2 is 1.92 bits per heavy atom. The largest absolute Gasteiger partial charge is 0.302 e. The molecule has 2 aromatic carbocycles. The molecule has 3 nitrogen and oxygen atoms in total. The summed E-state index contributed by atoms with van der Waals surface area (Å²) >= 11 is 13.8. The molecule has 0 saturated carbocycles. The number of nitrogens with zero attached hydrogens (tertiary/aromatic N) is 3. The molecular formula is C18H17Cl2N3S. The first-order valence-corrected chi connectivity index (χ1v) is 9.39. The second-order valence-corrected chi connectivity index (χ2v) is 7.23. The van der Waals surface area contributed by atoms with Gasteiger partial charge in [0.1, 0.15) is 0 Å². The van der Waals surface area contributed by atoms with E-state index in [4.69, 9.17) is 23.2 Å². The van der Waals surface area contributed by atoms with Gasteiger partial charge >= 0.3 is 0 Å². The number of halogens is 2. The minimum atomic E-state index is 0.646. The molecule has 124 valence electrons. The quantitative estimate of drug-likeness (QED) is 0.520. The van der Waals surface area contributed by atoms with Gasteiger partial charge in [-0.2, -0.15) is 0 Å². The van der Waals surface area contributed by atoms with Crippen LogP contribution < -0.4 is 0 Å². The zero-order valence-electron chi connectivity index (χ0n) is 13.5. The Kier molecular flexibility index (Phi) is 5.49. The lowest BCUT2D eigenvalue weighted by molar-refractivity contribution is 0.687. The highest BCUT2D eigenvalue weighted by atomic mass is 35.5. The summed E-state index contributed by atoms with van der Waals surface area (Å²) in [5.41, 5.74) is 3.33. The molecule has 1 aromatic heterocycles. The maximum Gasteiger partial charge on any atom is 0.191 e. The lowest BCUT2D eigenvalue weighted by atomic mass is 10.1. The van der Waals surface area contributed by atoms with Crippen molar-refractivity contribution in [3.05, 3.63) is 63.6 Å². The van der Waals surface area contributed by atoms with Gasteiger partial charge in [0.25, 0.3) is 0 Å². The van der Waals surface area contributed by atoms with E-state index in [2.05, 4.69) is 46.8 Å². The Balaban J connectivity index is 1.84. The highest BCUT2D eigenvalue weighted by Crippen LogP contribution is 2.30. The number of thioether (sulfide) groups is 1. The first-order chi connectivity index (χ1) is 11.6. The molecule has 0 aliphatic carbocycles. The van der Waals surface area contributed by atoms with E-state index in [9.17, 15) is 0 Å². The lowest BCUT2D eigenvalue weighted by Gasteiger charge is -2.08. The Morgan fingerprint density at radius 1 is 1.08 bits per heavy atom. The van der Waals surface area contributed by atoms with E-state index >= 15 is 0 Å². The molecule has 0 unspecified atom stereocenters. The summed E-state index contributed by atoms with van der Waals surface area (Å²) in [6, 6.07) is 13.9. The average molecular weight is 378 g/mol. The van der Waals surface area contributed by atoms with Gasteiger partial charge in [0.05, 0.1) is 0 Å². The van der Waals surface area contributed by atoms with Gasteiger partial charge in [0, 0.05) is 27.9 Å². The minimum Gasteiger partial charge on any atom is -0.302 e. The summed E-state index contributed by atoms with van der Waals surface area (Å²) < 4.78 is 2.13. The molecular weight excluding hydrogens is 361 g/mol. The van der Waals surface area contributed by atoms with Gasteiger partial charge in [0.2, 0.25) is 0 Å². The molecule has 3 rings (SSSR count). The van der Waals surface area contributed by atoms with Crippen LogP contribution in [0.1, 0.15) is 18.1 Å². The van der Waals surface area contributed by atoms with Crippen molar-refractivity contribution in [1.29, 1.82) is 0 Å². The summed E-state index contributed by atoms with van der Waals surface area (Å²) in [4.78, 5) is 0. The van der Waals surface area contributed by atoms with Crippen LogP contribution in [0.4, 0.5) is 0 Å². The van der Waals surface area contributed by atoms with E-state index in [1.807, 2.05) is 18.2 Å². The van der Waals surface area contributed by atoms with Crippen molar-refractivity contribution in [2.45, 2.75) is 31.3 Å². The predicted molar refractivity (Wildman–Crippen MR) is 102 cm³/mol. The van der Waals surface area contributed by atoms with Crippen molar-refractivity contribution in [3.8, 4) is 11.4 Å². The lowest BCUT2D eigenvalue weighted by Crippen LogP contribution is -2.00. The fourth-order valence-corrected chi connectivity index (χ4v) is 4.02. The van der Waals surface area contributed by atoms with Gasteiger partial charge in [-0.05, 0) is 37.6 Å². The molecule has 6 heteroatoms. The van der Waals surface area contributed by atoms with E-state index in [1.54, 1.807) is 17.8 Å². The number of hydrogen-bond donors (Lipinski definition) is 0. The zero-order valence-corrected chi connectivity index (χ0v) is 15.8. The molecule has 1 heterocycles. The second-order valence-electron chi connectivity index (χ2n) is 5.44. The zero-order chi connectivity index (χ0) is 17.1. The standard InChI is InChI=1S/C18H17Cl2N3S/c1-3-23-17(13-6-4-5-12(2)9-13)21-22-18(23)24-11-14-7-8-15(19)10-16(14)20/h4-10H,3,11H2,1-2H3. The number of aryl methyl sites for hydroxylation is 1. The third kappa shape index (κ3) is 3.77. The van der Waals surface area contributed by atoms with Gasteiger partial charge in [-0.15, -0.1) is 10.2 Å². The van der Waals surface area contributed by atoms with Gasteiger partial charge < -0.3 is 4.57 Å². The third-order valence-corrected chi connectivity index (χ3v) is 5.28. The monoisotopic (exact) mass is 377 g/mol. The van der Waals surface area contributed by atoms with E-state index < -0.39 is 0 Å². The fourth-order valence-electron chi connectivity index (χ4n) is 2.46. The second kappa shape index (κ2) is 7.60. The van der Waals surface area contributed by atoms with Crippen LogP contribution >= 0.6 is 35.0 Å². The predicted octanol–water partition coefficient (Wildman–Crippen LogP) is 5.87. The van der Waals surface area contributed by atoms with Crippen LogP contribution in [-0.4, -0.2) is 14.8 Å². The van der Waals surface area contributed by atoms with E-state index in [0.29, 0.717) is 10.0 Å². The van der Waals surface area contributed by atoms with E-state index in [-0.39, 0.29) is 0 Å². The van der Waals surface area contributed by atoms with Crippen molar-refractivity contribution >= 4 is 35.0 Å². The molecule has 0 radical (unpaired) electrons. The van der Waals surface area contributed by atoms with Crippen molar-refractivity contribution in [1.82, 2.24) is 14.8 Å². The first kappa shape index (κ1) is 17.3. The number of hydrogen-bond acceptors (Lipinski definition) is 3. The van der Waals surface area contributed by atoms with Crippen LogP contribution in [0, 0.1) is 6.92 Å². The van der Waals surface area contributed by atoms with Crippen molar-refractivity contribution < 1.29 is 0 Å². The molecule has 0 atom stereocenters. The highest BCUT2D eigenvalue weighted by molar-refractivity contribution is 7.98. The van der Waals surface area contributed by atoms with Crippen LogP contribution in [0.3, 0.4) is 0 Å². The summed E-state index contributed by atoms with van der Waals surface area (Å²) in [5, 5.41) is 11.0. The summed E-state index contributed by atoms with van der Waals surface area (Å²) in [7, 11) is 0. The molecule has 3 aromatic rings. The van der Waals surface area contributed by atoms with Crippen molar-refractivity contribution in [3.63, 3.8) is 0 Å². The first-order valence-electron chi connectivity index (χ1n) is 7.65. The third-order valence-electron chi connectivity index (χ3n) is 3.68. The van der Waals surface area contributed by atoms with Gasteiger partial charge in [-0.3, -0.25) is 0 Å². The molecule has 0 fully saturated rings. The molecule has 0 aliphatic heterocycles. The number of rotatable bonds is 5. The van der Waals surface area contributed by atoms with E-state index in [0.717, 1.165) is 34.4 Å². The molecule has 0 N–H and O–H groups in total. The van der Waals surface area contributed by atoms with E-state index in [1.165, 1.54) is 5.56 Å². The molecule has 24 heavy (non-hydrogen) atoms. The number of aromatic nitrogens is 3. The van der Waals surface area contributed by atoms with Crippen LogP contribution in [0.5, 0.6) is 0 Å². The summed E-state index contributed by atoms with van der Waals surface area (Å²) in [6.45, 7) is 4.99. The molecule has 0 amide bonds. The summed E-state index contributed by atoms with van der Waals surface area (Å²) in [6.07, 6.45) is 0. The Bertz CT molecular complexity index is 861. The van der Waals surface area contributed by atoms with Crippen LogP contribution in [-0.2, 0) is 12.3 Å². The maximum atomic E-state index is 6.25. The molecule has 0 aliphatic rings. The summed E-state index contributed by atoms with van der Waals surface area (Å²) in [5.74, 6) is 1.62. The Labute approximate surface area is 156 Å². The van der Waals surface area contributed by atoms with Crippen LogP contribution in [0.2, 0.25) is 10.0 Å². The number of benzene rings is 2. The van der Waals surface area contributed by atoms with Gasteiger partial charge in [-0.25, -0.2) is 0 Å². The smallest absolute Gasteiger partial charge is 0.191 e. The SMILES string of the molecule is CCn1c(SCc2ccc(Cl)cc2Cl)nnc1-c1cccc(C)c1. The Hall–Kier alpha value is -1.49. The van der Waals surface area contributed by atoms with Crippen molar-refractivity contribution in [2.75, 3.05) is 0 Å². The van der Waals surface area contributed by atoms with Gasteiger partial charge in [-0.1, -0.05) is 64.8 Å². The maximum absolute atomic E-state index is 6.25. The normalized spacial score (nSPS) is 11.0. The topological polar surface area (TPSA) is 30.7 Å². The minimum absolute atomic E-state index is 0.646. The van der Waals surface area contributed by atoms with Crippen molar-refractivity contribution in [2.24, 2.45) is 0 Å². The molecule has 0 saturated heterocycles. The fraction of sp³-hybridized carbons (Fsp3) is 0.222. The average Bonchev–Trinajstić information content (AvgIpc) is 2.97.